The number of halogens is 1. The van der Waals surface area contributed by atoms with Gasteiger partial charge in [0, 0.05) is 50.2 Å². The molecule has 3 N–H and O–H groups in total. The average molecular weight is 645 g/mol. The van der Waals surface area contributed by atoms with Crippen LogP contribution in [0, 0.1) is 11.3 Å². The zero-order chi connectivity index (χ0) is 31.4. The van der Waals surface area contributed by atoms with Crippen LogP contribution in [0.5, 0.6) is 5.75 Å². The molecular weight excluding hydrogens is 604 g/mol. The van der Waals surface area contributed by atoms with Gasteiger partial charge in [0.05, 0.1) is 28.4 Å². The van der Waals surface area contributed by atoms with Gasteiger partial charge < -0.3 is 30.2 Å². The number of rotatable bonds is 5. The number of benzene rings is 1. The van der Waals surface area contributed by atoms with Crippen molar-refractivity contribution in [2.45, 2.75) is 69.4 Å². The third-order valence-electron chi connectivity index (χ3n) is 11.5. The van der Waals surface area contributed by atoms with Crippen molar-refractivity contribution in [2.24, 2.45) is 11.3 Å². The first kappa shape index (κ1) is 29.7. The van der Waals surface area contributed by atoms with E-state index >= 15 is 0 Å². The number of phenols is 1. The number of carbonyl (C=O) groups is 1. The van der Waals surface area contributed by atoms with Crippen LogP contribution in [0.1, 0.15) is 62.8 Å². The normalized spacial score (nSPS) is 28.2. The van der Waals surface area contributed by atoms with E-state index in [2.05, 4.69) is 30.2 Å². The number of piperazine rings is 1. The minimum absolute atomic E-state index is 0.0132. The first-order valence-electron chi connectivity index (χ1n) is 16.8. The number of hydrogen-bond acceptors (Lipinski definition) is 10. The number of piperidine rings is 1. The Bertz CT molecular complexity index is 1600. The van der Waals surface area contributed by atoms with Crippen molar-refractivity contribution < 1.29 is 15.0 Å². The van der Waals surface area contributed by atoms with Crippen molar-refractivity contribution in [3.63, 3.8) is 0 Å². The van der Waals surface area contributed by atoms with Gasteiger partial charge in [-0.1, -0.05) is 17.7 Å². The molecule has 2 aliphatic carbocycles. The number of aromatic hydroxyl groups is 1. The smallest absolute Gasteiger partial charge is 0.306 e. The summed E-state index contributed by atoms with van der Waals surface area (Å²) in [6.07, 6.45) is 12.7. The second-order valence-electron chi connectivity index (χ2n) is 14.1. The first-order valence-corrected chi connectivity index (χ1v) is 17.1. The summed E-state index contributed by atoms with van der Waals surface area (Å²) in [5.74, 6) is 1.31. The summed E-state index contributed by atoms with van der Waals surface area (Å²) in [7, 11) is 0. The molecule has 0 bridgehead atoms. The fraction of sp³-hybridized carbons (Fsp3) is 0.559. The predicted octanol–water partition coefficient (Wildman–Crippen LogP) is 5.02. The number of aliphatic carboxylic acids is 1. The Morgan fingerprint density at radius 3 is 2.48 bits per heavy atom. The lowest BCUT2D eigenvalue weighted by Crippen LogP contribution is -2.58. The average Bonchev–Trinajstić information content (AvgIpc) is 3.08. The lowest BCUT2D eigenvalue weighted by atomic mass is 9.56. The Labute approximate surface area is 274 Å². The van der Waals surface area contributed by atoms with Crippen LogP contribution >= 0.6 is 11.6 Å². The van der Waals surface area contributed by atoms with Crippen molar-refractivity contribution in [1.29, 1.82) is 0 Å². The van der Waals surface area contributed by atoms with Crippen LogP contribution in [-0.4, -0.2) is 92.6 Å². The Hall–Kier alpha value is -3.70. The second kappa shape index (κ2) is 11.8. The fourth-order valence-electron chi connectivity index (χ4n) is 8.71. The van der Waals surface area contributed by atoms with Gasteiger partial charge >= 0.3 is 5.97 Å². The summed E-state index contributed by atoms with van der Waals surface area (Å²) in [6, 6.07) is 8.13. The molecule has 242 valence electrons. The highest BCUT2D eigenvalue weighted by Gasteiger charge is 2.49. The number of likely N-dealkylation sites (tertiary alicyclic amines) is 1. The van der Waals surface area contributed by atoms with E-state index < -0.39 is 5.97 Å². The third-order valence-corrected chi connectivity index (χ3v) is 11.8. The van der Waals surface area contributed by atoms with Crippen molar-refractivity contribution in [2.75, 3.05) is 54.4 Å². The van der Waals surface area contributed by atoms with Crippen LogP contribution in [0.3, 0.4) is 0 Å². The number of aromatic nitrogens is 4. The molecule has 0 amide bonds. The van der Waals surface area contributed by atoms with E-state index in [1.54, 1.807) is 18.2 Å². The SMILES string of the molecule is O=C(O)C1CCC2(CC1)CC(N1CCC(c3cnc(N4CCN5c6cc(-c7cccc(Cl)c7O)nnc6NC[C@@H]5C4)nc3)CC1)C2. The predicted molar refractivity (Wildman–Crippen MR) is 177 cm³/mol. The van der Waals surface area contributed by atoms with Gasteiger partial charge in [0.1, 0.15) is 5.75 Å². The lowest BCUT2D eigenvalue weighted by molar-refractivity contribution is -0.145. The molecule has 1 spiro atoms. The Morgan fingerprint density at radius 2 is 1.74 bits per heavy atom. The molecule has 3 aromatic rings. The van der Waals surface area contributed by atoms with Crippen LogP contribution < -0.4 is 15.1 Å². The number of carboxylic acid groups (broad SMARTS) is 1. The third kappa shape index (κ3) is 5.41. The van der Waals surface area contributed by atoms with Gasteiger partial charge in [-0.2, -0.15) is 0 Å². The van der Waals surface area contributed by atoms with E-state index in [9.17, 15) is 15.0 Å². The van der Waals surface area contributed by atoms with E-state index in [-0.39, 0.29) is 17.7 Å². The molecule has 5 aliphatic rings. The Morgan fingerprint density at radius 1 is 0.978 bits per heavy atom. The molecule has 2 saturated carbocycles. The van der Waals surface area contributed by atoms with E-state index in [0.717, 1.165) is 95.2 Å². The standard InChI is InChI=1S/C34H41ClN8O3/c35-27-3-1-2-26(30(27)44)28-14-29-31(40-39-28)36-19-25-20-42(12-13-43(25)29)33-37-17-23(18-38-33)21-6-10-41(11-7-21)24-15-34(16-24)8-4-22(5-9-34)32(45)46/h1-3,14,17-18,21-22,24-25,44H,4-13,15-16,19-20H2,(H,36,40)(H,45,46)/t22?,24?,25-,34?/m1/s1. The van der Waals surface area contributed by atoms with Crippen LogP contribution in [0.2, 0.25) is 5.02 Å². The largest absolute Gasteiger partial charge is 0.506 e. The van der Waals surface area contributed by atoms with Crippen molar-refractivity contribution >= 4 is 35.0 Å². The summed E-state index contributed by atoms with van der Waals surface area (Å²) in [5, 5.41) is 32.3. The first-order chi connectivity index (χ1) is 22.4. The molecule has 0 radical (unpaired) electrons. The van der Waals surface area contributed by atoms with Gasteiger partial charge in [0.15, 0.2) is 5.82 Å². The number of anilines is 3. The Kier molecular flexibility index (Phi) is 7.63. The van der Waals surface area contributed by atoms with Crippen LogP contribution in [0.4, 0.5) is 17.5 Å². The number of fused-ring (bicyclic) bond motifs is 3. The molecule has 12 heteroatoms. The number of phenolic OH excluding ortho intramolecular Hbond substituents is 1. The maximum Gasteiger partial charge on any atom is 0.306 e. The highest BCUT2D eigenvalue weighted by Crippen LogP contribution is 2.55. The molecular formula is C34H41ClN8O3. The number of nitrogens with one attached hydrogen (secondary N) is 1. The quantitative estimate of drug-likeness (QED) is 0.346. The minimum Gasteiger partial charge on any atom is -0.506 e. The molecule has 0 unspecified atom stereocenters. The van der Waals surface area contributed by atoms with Gasteiger partial charge in [-0.3, -0.25) is 4.79 Å². The number of nitrogens with zero attached hydrogens (tertiary/aromatic N) is 7. The topological polar surface area (TPSA) is 131 Å². The number of carboxylic acids is 1. The summed E-state index contributed by atoms with van der Waals surface area (Å²) in [6.45, 7) is 5.38. The molecule has 11 nitrogen and oxygen atoms in total. The lowest BCUT2D eigenvalue weighted by Gasteiger charge is -2.55. The highest BCUT2D eigenvalue weighted by atomic mass is 35.5. The van der Waals surface area contributed by atoms with Gasteiger partial charge in [0.25, 0.3) is 0 Å². The molecule has 2 saturated heterocycles. The molecule has 1 atom stereocenters. The molecule has 2 aromatic heterocycles. The summed E-state index contributed by atoms with van der Waals surface area (Å²) in [4.78, 5) is 28.4. The fourth-order valence-corrected chi connectivity index (χ4v) is 8.88. The molecule has 46 heavy (non-hydrogen) atoms. The van der Waals surface area contributed by atoms with E-state index in [4.69, 9.17) is 21.6 Å². The molecule has 8 rings (SSSR count). The maximum absolute atomic E-state index is 11.3. The maximum atomic E-state index is 11.3. The van der Waals surface area contributed by atoms with Crippen molar-refractivity contribution in [3.8, 4) is 17.0 Å². The zero-order valence-corrected chi connectivity index (χ0v) is 26.7. The number of hydrogen-bond donors (Lipinski definition) is 3. The van der Waals surface area contributed by atoms with E-state index in [1.807, 2.05) is 18.5 Å². The van der Waals surface area contributed by atoms with Crippen LogP contribution in [-0.2, 0) is 4.79 Å². The summed E-state index contributed by atoms with van der Waals surface area (Å²) in [5.41, 5.74) is 3.78. The minimum atomic E-state index is -0.608. The zero-order valence-electron chi connectivity index (χ0n) is 26.0. The highest BCUT2D eigenvalue weighted by molar-refractivity contribution is 6.32. The van der Waals surface area contributed by atoms with E-state index in [1.165, 1.54) is 18.4 Å². The molecule has 1 aromatic carbocycles. The monoisotopic (exact) mass is 644 g/mol. The van der Waals surface area contributed by atoms with Gasteiger partial charge in [0.2, 0.25) is 5.95 Å². The number of para-hydroxylation sites is 1. The van der Waals surface area contributed by atoms with Gasteiger partial charge in [-0.15, -0.1) is 10.2 Å². The van der Waals surface area contributed by atoms with Crippen LogP contribution in [0.15, 0.2) is 36.7 Å². The van der Waals surface area contributed by atoms with Gasteiger partial charge in [-0.05, 0) is 99.6 Å². The van der Waals surface area contributed by atoms with Crippen LogP contribution in [0.25, 0.3) is 11.3 Å². The second-order valence-corrected chi connectivity index (χ2v) is 14.5. The summed E-state index contributed by atoms with van der Waals surface area (Å²) >= 11 is 6.15. The van der Waals surface area contributed by atoms with Gasteiger partial charge in [-0.25, -0.2) is 9.97 Å². The molecule has 3 aliphatic heterocycles. The van der Waals surface area contributed by atoms with Crippen molar-refractivity contribution in [3.05, 3.63) is 47.2 Å². The Balaban J connectivity index is 0.855. The van der Waals surface area contributed by atoms with E-state index in [0.29, 0.717) is 33.7 Å². The summed E-state index contributed by atoms with van der Waals surface area (Å²) < 4.78 is 0. The van der Waals surface area contributed by atoms with Crippen molar-refractivity contribution in [1.82, 2.24) is 25.1 Å². The molecule has 4 fully saturated rings. The molecule has 5 heterocycles.